The van der Waals surface area contributed by atoms with Gasteiger partial charge in [0.2, 0.25) is 0 Å². The van der Waals surface area contributed by atoms with E-state index in [1.54, 1.807) is 6.20 Å². The van der Waals surface area contributed by atoms with Crippen LogP contribution in [0.25, 0.3) is 11.0 Å². The van der Waals surface area contributed by atoms with Crippen molar-refractivity contribution >= 4 is 11.0 Å². The van der Waals surface area contributed by atoms with Gasteiger partial charge in [-0.15, -0.1) is 5.10 Å². The van der Waals surface area contributed by atoms with E-state index < -0.39 is 0 Å². The zero-order valence-electron chi connectivity index (χ0n) is 5.50. The number of aryl methyl sites for hydroxylation is 1. The molecule has 2 heterocycles. The van der Waals surface area contributed by atoms with Crippen LogP contribution in [0.15, 0.2) is 12.3 Å². The van der Waals surface area contributed by atoms with Crippen LogP contribution in [0, 0.1) is 6.92 Å². The molecule has 0 saturated heterocycles. The maximum atomic E-state index is 3.87. The number of H-pyrrole nitrogens is 1. The summed E-state index contributed by atoms with van der Waals surface area (Å²) >= 11 is 0. The van der Waals surface area contributed by atoms with Gasteiger partial charge in [0.15, 0.2) is 5.65 Å². The molecular weight excluding hydrogens is 128 g/mol. The summed E-state index contributed by atoms with van der Waals surface area (Å²) in [5, 5.41) is 15.3. The highest BCUT2D eigenvalue weighted by molar-refractivity contribution is 5.72. The van der Waals surface area contributed by atoms with Gasteiger partial charge in [-0.25, -0.2) is 0 Å². The Morgan fingerprint density at radius 1 is 1.40 bits per heavy atom. The minimum atomic E-state index is 0.741. The van der Waals surface area contributed by atoms with Crippen LogP contribution >= 0.6 is 0 Å². The van der Waals surface area contributed by atoms with E-state index in [1.165, 1.54) is 0 Å². The summed E-state index contributed by atoms with van der Waals surface area (Å²) in [6, 6.07) is 1.94. The minimum absolute atomic E-state index is 0.741. The molecule has 0 spiro atoms. The lowest BCUT2D eigenvalue weighted by Crippen LogP contribution is -1.85. The molecule has 0 bridgehead atoms. The second-order valence-corrected chi connectivity index (χ2v) is 2.16. The third-order valence-electron chi connectivity index (χ3n) is 1.32. The van der Waals surface area contributed by atoms with Crippen molar-refractivity contribution < 1.29 is 0 Å². The quantitative estimate of drug-likeness (QED) is 0.575. The highest BCUT2D eigenvalue weighted by Crippen LogP contribution is 2.05. The van der Waals surface area contributed by atoms with Gasteiger partial charge in [-0.3, -0.25) is 5.10 Å². The first-order valence-corrected chi connectivity index (χ1v) is 3.00. The number of nitrogens with one attached hydrogen (secondary N) is 1. The Morgan fingerprint density at radius 3 is 3.20 bits per heavy atom. The lowest BCUT2D eigenvalue weighted by Gasteiger charge is -1.86. The predicted octanol–water partition coefficient (Wildman–Crippen LogP) is 0.661. The molecule has 0 saturated carbocycles. The molecule has 2 rings (SSSR count). The van der Waals surface area contributed by atoms with E-state index in [9.17, 15) is 0 Å². The van der Waals surface area contributed by atoms with Gasteiger partial charge in [-0.1, -0.05) is 0 Å². The highest BCUT2D eigenvalue weighted by Gasteiger charge is 1.95. The van der Waals surface area contributed by atoms with Gasteiger partial charge in [0.05, 0.1) is 11.9 Å². The Hall–Kier alpha value is -1.45. The largest absolute Gasteiger partial charge is 0.259 e. The number of aromatic amines is 1. The van der Waals surface area contributed by atoms with E-state index in [0.717, 1.165) is 16.7 Å². The summed E-state index contributed by atoms with van der Waals surface area (Å²) in [5.41, 5.74) is 1.65. The van der Waals surface area contributed by atoms with Crippen LogP contribution in [0.1, 0.15) is 5.69 Å². The standard InChI is InChI=1S/C6H6N4/c1-4-2-5-3-7-9-6(5)10-8-4/h2-3H,1H3,(H,7,9,10). The average molecular weight is 134 g/mol. The number of fused-ring (bicyclic) bond motifs is 1. The molecule has 0 aliphatic carbocycles. The zero-order chi connectivity index (χ0) is 6.97. The van der Waals surface area contributed by atoms with Crippen molar-refractivity contribution in [1.29, 1.82) is 0 Å². The van der Waals surface area contributed by atoms with Crippen LogP contribution in [-0.2, 0) is 0 Å². The number of hydrogen-bond donors (Lipinski definition) is 1. The van der Waals surface area contributed by atoms with Crippen molar-refractivity contribution in [2.45, 2.75) is 6.92 Å². The summed E-state index contributed by atoms with van der Waals surface area (Å²) in [6.07, 6.45) is 1.73. The smallest absolute Gasteiger partial charge is 0.177 e. The van der Waals surface area contributed by atoms with Gasteiger partial charge in [-0.05, 0) is 13.0 Å². The molecule has 2 aromatic heterocycles. The molecule has 50 valence electrons. The summed E-state index contributed by atoms with van der Waals surface area (Å²) in [4.78, 5) is 0. The Balaban J connectivity index is 2.86. The lowest BCUT2D eigenvalue weighted by atomic mass is 10.3. The molecule has 0 aliphatic rings. The molecular formula is C6H6N4. The molecule has 0 radical (unpaired) electrons. The SMILES string of the molecule is Cc1cc2cn[nH]c2nn1. The Kier molecular flexibility index (Phi) is 0.943. The molecule has 0 aromatic carbocycles. The maximum absolute atomic E-state index is 3.87. The summed E-state index contributed by atoms with van der Waals surface area (Å²) < 4.78 is 0. The number of aromatic nitrogens is 4. The highest BCUT2D eigenvalue weighted by atomic mass is 15.2. The minimum Gasteiger partial charge on any atom is -0.259 e. The van der Waals surface area contributed by atoms with Crippen LogP contribution < -0.4 is 0 Å². The second-order valence-electron chi connectivity index (χ2n) is 2.16. The van der Waals surface area contributed by atoms with Crippen LogP contribution in [0.2, 0.25) is 0 Å². The molecule has 2 aromatic rings. The summed E-state index contributed by atoms with van der Waals surface area (Å²) in [5.74, 6) is 0. The molecule has 0 fully saturated rings. The van der Waals surface area contributed by atoms with Gasteiger partial charge in [0, 0.05) is 5.39 Å². The lowest BCUT2D eigenvalue weighted by molar-refractivity contribution is 0.987. The normalized spacial score (nSPS) is 10.5. The van der Waals surface area contributed by atoms with Crippen molar-refractivity contribution in [3.8, 4) is 0 Å². The van der Waals surface area contributed by atoms with Crippen molar-refractivity contribution in [2.75, 3.05) is 0 Å². The van der Waals surface area contributed by atoms with Gasteiger partial charge in [-0.2, -0.15) is 10.2 Å². The molecule has 10 heavy (non-hydrogen) atoms. The number of nitrogens with zero attached hydrogens (tertiary/aromatic N) is 3. The van der Waals surface area contributed by atoms with Gasteiger partial charge in [0.1, 0.15) is 0 Å². The fourth-order valence-electron chi connectivity index (χ4n) is 0.857. The molecule has 0 aliphatic heterocycles. The molecule has 0 unspecified atom stereocenters. The third kappa shape index (κ3) is 0.655. The molecule has 0 amide bonds. The number of rotatable bonds is 0. The first-order chi connectivity index (χ1) is 4.86. The third-order valence-corrected chi connectivity index (χ3v) is 1.32. The molecule has 1 N–H and O–H groups in total. The van der Waals surface area contributed by atoms with Gasteiger partial charge < -0.3 is 0 Å². The summed E-state index contributed by atoms with van der Waals surface area (Å²) in [7, 11) is 0. The second kappa shape index (κ2) is 1.76. The first kappa shape index (κ1) is 5.34. The zero-order valence-corrected chi connectivity index (χ0v) is 5.50. The van der Waals surface area contributed by atoms with Crippen LogP contribution in [-0.4, -0.2) is 20.4 Å². The average Bonchev–Trinajstić information content (AvgIpc) is 2.33. The van der Waals surface area contributed by atoms with E-state index in [-0.39, 0.29) is 0 Å². The van der Waals surface area contributed by atoms with Crippen molar-refractivity contribution in [3.05, 3.63) is 18.0 Å². The monoisotopic (exact) mass is 134 g/mol. The van der Waals surface area contributed by atoms with E-state index in [1.807, 2.05) is 13.0 Å². The Morgan fingerprint density at radius 2 is 2.30 bits per heavy atom. The van der Waals surface area contributed by atoms with Crippen LogP contribution in [0.5, 0.6) is 0 Å². The summed E-state index contributed by atoms with van der Waals surface area (Å²) in [6.45, 7) is 1.90. The maximum Gasteiger partial charge on any atom is 0.177 e. The fourth-order valence-corrected chi connectivity index (χ4v) is 0.857. The Labute approximate surface area is 57.3 Å². The van der Waals surface area contributed by atoms with Crippen LogP contribution in [0.3, 0.4) is 0 Å². The first-order valence-electron chi connectivity index (χ1n) is 3.00. The predicted molar refractivity (Wildman–Crippen MR) is 36.4 cm³/mol. The van der Waals surface area contributed by atoms with E-state index >= 15 is 0 Å². The van der Waals surface area contributed by atoms with E-state index in [2.05, 4.69) is 20.4 Å². The van der Waals surface area contributed by atoms with Crippen molar-refractivity contribution in [2.24, 2.45) is 0 Å². The van der Waals surface area contributed by atoms with Crippen molar-refractivity contribution in [1.82, 2.24) is 20.4 Å². The topological polar surface area (TPSA) is 54.5 Å². The molecule has 0 atom stereocenters. The molecule has 4 nitrogen and oxygen atoms in total. The van der Waals surface area contributed by atoms with Crippen molar-refractivity contribution in [3.63, 3.8) is 0 Å². The van der Waals surface area contributed by atoms with Gasteiger partial charge in [0.25, 0.3) is 0 Å². The van der Waals surface area contributed by atoms with Gasteiger partial charge >= 0.3 is 0 Å². The van der Waals surface area contributed by atoms with E-state index in [0.29, 0.717) is 0 Å². The molecule has 4 heteroatoms. The number of hydrogen-bond acceptors (Lipinski definition) is 3. The van der Waals surface area contributed by atoms with E-state index in [4.69, 9.17) is 0 Å². The fraction of sp³-hybridized carbons (Fsp3) is 0.167. The Bertz CT molecular complexity index is 351. The van der Waals surface area contributed by atoms with Crippen LogP contribution in [0.4, 0.5) is 0 Å².